The van der Waals surface area contributed by atoms with Gasteiger partial charge in [-0.1, -0.05) is 25.1 Å². The first-order chi connectivity index (χ1) is 7.16. The van der Waals surface area contributed by atoms with Gasteiger partial charge < -0.3 is 15.6 Å². The van der Waals surface area contributed by atoms with Gasteiger partial charge in [-0.3, -0.25) is 0 Å². The van der Waals surface area contributed by atoms with Crippen LogP contribution in [0.4, 0.5) is 0 Å². The fourth-order valence-electron chi connectivity index (χ4n) is 1.35. The van der Waals surface area contributed by atoms with E-state index in [4.69, 9.17) is 10.5 Å². The second-order valence-electron chi connectivity index (χ2n) is 3.69. The number of aliphatic hydroxyl groups excluding tert-OH is 1. The molecule has 84 valence electrons. The highest BCUT2D eigenvalue weighted by Gasteiger charge is 2.16. The van der Waals surface area contributed by atoms with Crippen LogP contribution in [0.3, 0.4) is 0 Å². The van der Waals surface area contributed by atoms with E-state index in [0.29, 0.717) is 6.61 Å². The Morgan fingerprint density at radius 3 is 2.67 bits per heavy atom. The normalized spacial score (nSPS) is 14.7. The smallest absolute Gasteiger partial charge is 0.125 e. The topological polar surface area (TPSA) is 55.5 Å². The molecule has 1 aromatic rings. The Bertz CT molecular complexity index is 299. The molecule has 0 aromatic heterocycles. The van der Waals surface area contributed by atoms with Crippen molar-refractivity contribution >= 4 is 0 Å². The first kappa shape index (κ1) is 12.0. The van der Waals surface area contributed by atoms with Crippen LogP contribution in [0.25, 0.3) is 0 Å². The van der Waals surface area contributed by atoms with Crippen LogP contribution in [0.2, 0.25) is 0 Å². The number of hydrogen-bond acceptors (Lipinski definition) is 3. The van der Waals surface area contributed by atoms with Crippen molar-refractivity contribution in [2.45, 2.75) is 32.4 Å². The van der Waals surface area contributed by atoms with E-state index in [2.05, 4.69) is 0 Å². The molecule has 0 radical (unpaired) electrons. The average molecular weight is 209 g/mol. The Hall–Kier alpha value is -1.06. The largest absolute Gasteiger partial charge is 0.493 e. The quantitative estimate of drug-likeness (QED) is 0.778. The van der Waals surface area contributed by atoms with Gasteiger partial charge in [0.25, 0.3) is 0 Å². The lowest BCUT2D eigenvalue weighted by Crippen LogP contribution is -2.24. The van der Waals surface area contributed by atoms with Crippen LogP contribution >= 0.6 is 0 Å². The molecule has 3 nitrogen and oxygen atoms in total. The van der Waals surface area contributed by atoms with Crippen LogP contribution < -0.4 is 10.5 Å². The molecule has 3 heteroatoms. The highest BCUT2D eigenvalue weighted by molar-refractivity contribution is 5.35. The lowest BCUT2D eigenvalue weighted by Gasteiger charge is -2.18. The summed E-state index contributed by atoms with van der Waals surface area (Å²) in [7, 11) is 0. The molecule has 15 heavy (non-hydrogen) atoms. The monoisotopic (exact) mass is 209 g/mol. The maximum absolute atomic E-state index is 9.87. The first-order valence-corrected chi connectivity index (χ1v) is 5.32. The van der Waals surface area contributed by atoms with Gasteiger partial charge in [-0.15, -0.1) is 0 Å². The van der Waals surface area contributed by atoms with Crippen LogP contribution in [0.1, 0.15) is 31.9 Å². The third-order valence-electron chi connectivity index (χ3n) is 2.20. The van der Waals surface area contributed by atoms with Crippen molar-refractivity contribution in [3.8, 4) is 5.75 Å². The van der Waals surface area contributed by atoms with Crippen molar-refractivity contribution in [1.82, 2.24) is 0 Å². The van der Waals surface area contributed by atoms with Gasteiger partial charge in [0.1, 0.15) is 5.75 Å². The first-order valence-electron chi connectivity index (χ1n) is 5.32. The summed E-state index contributed by atoms with van der Waals surface area (Å²) >= 11 is 0. The fraction of sp³-hybridized carbons (Fsp3) is 0.500. The molecule has 0 heterocycles. The van der Waals surface area contributed by atoms with E-state index in [-0.39, 0.29) is 6.04 Å². The Balaban J connectivity index is 2.85. The molecule has 0 aliphatic carbocycles. The number of rotatable bonds is 5. The summed E-state index contributed by atoms with van der Waals surface area (Å²) in [5.74, 6) is 0.726. The number of hydrogen-bond donors (Lipinski definition) is 2. The molecular formula is C12H19NO2. The zero-order chi connectivity index (χ0) is 11.3. The SMILES string of the molecule is CCCOc1ccccc1C(O)C(C)N. The second-order valence-corrected chi connectivity index (χ2v) is 3.69. The molecule has 0 aliphatic rings. The number of aliphatic hydroxyl groups is 1. The molecule has 0 saturated heterocycles. The van der Waals surface area contributed by atoms with E-state index in [1.165, 1.54) is 0 Å². The molecule has 0 saturated carbocycles. The molecule has 3 N–H and O–H groups in total. The van der Waals surface area contributed by atoms with Gasteiger partial charge in [0, 0.05) is 11.6 Å². The number of nitrogens with two attached hydrogens (primary N) is 1. The minimum Gasteiger partial charge on any atom is -0.493 e. The predicted molar refractivity (Wildman–Crippen MR) is 60.8 cm³/mol. The van der Waals surface area contributed by atoms with Crippen molar-refractivity contribution in [3.63, 3.8) is 0 Å². The summed E-state index contributed by atoms with van der Waals surface area (Å²) in [6.45, 7) is 4.48. The third-order valence-corrected chi connectivity index (χ3v) is 2.20. The van der Waals surface area contributed by atoms with Crippen LogP contribution in [-0.4, -0.2) is 17.8 Å². The van der Waals surface area contributed by atoms with Crippen molar-refractivity contribution in [2.75, 3.05) is 6.61 Å². The predicted octanol–water partition coefficient (Wildman–Crippen LogP) is 1.86. The van der Waals surface area contributed by atoms with Gasteiger partial charge in [-0.2, -0.15) is 0 Å². The number of para-hydroxylation sites is 1. The summed E-state index contributed by atoms with van der Waals surface area (Å²) in [6.07, 6.45) is 0.279. The molecule has 1 aromatic carbocycles. The average Bonchev–Trinajstić information content (AvgIpc) is 2.25. The number of benzene rings is 1. The minimum absolute atomic E-state index is 0.295. The summed E-state index contributed by atoms with van der Waals surface area (Å²) in [5.41, 5.74) is 6.42. The van der Waals surface area contributed by atoms with Gasteiger partial charge in [0.05, 0.1) is 12.7 Å². The lowest BCUT2D eigenvalue weighted by atomic mass is 10.0. The van der Waals surface area contributed by atoms with Gasteiger partial charge in [0.2, 0.25) is 0 Å². The van der Waals surface area contributed by atoms with Crippen LogP contribution in [-0.2, 0) is 0 Å². The number of ether oxygens (including phenoxy) is 1. The summed E-state index contributed by atoms with van der Waals surface area (Å²) in [5, 5.41) is 9.87. The van der Waals surface area contributed by atoms with Crippen molar-refractivity contribution in [2.24, 2.45) is 5.73 Å². The Labute approximate surface area is 90.9 Å². The fourth-order valence-corrected chi connectivity index (χ4v) is 1.35. The van der Waals surface area contributed by atoms with Crippen molar-refractivity contribution in [3.05, 3.63) is 29.8 Å². The Morgan fingerprint density at radius 2 is 2.07 bits per heavy atom. The van der Waals surface area contributed by atoms with Gasteiger partial charge in [-0.25, -0.2) is 0 Å². The lowest BCUT2D eigenvalue weighted by molar-refractivity contribution is 0.148. The standard InChI is InChI=1S/C12H19NO2/c1-3-8-15-11-7-5-4-6-10(11)12(14)9(2)13/h4-7,9,12,14H,3,8,13H2,1-2H3. The van der Waals surface area contributed by atoms with E-state index in [9.17, 15) is 5.11 Å². The molecule has 0 spiro atoms. The van der Waals surface area contributed by atoms with E-state index < -0.39 is 6.10 Å². The second kappa shape index (κ2) is 5.73. The van der Waals surface area contributed by atoms with E-state index >= 15 is 0 Å². The Morgan fingerprint density at radius 1 is 1.40 bits per heavy atom. The molecule has 0 amide bonds. The molecule has 0 aliphatic heterocycles. The van der Waals surface area contributed by atoms with Crippen LogP contribution in [0.15, 0.2) is 24.3 Å². The third kappa shape index (κ3) is 3.22. The zero-order valence-corrected chi connectivity index (χ0v) is 9.31. The molecular weight excluding hydrogens is 190 g/mol. The highest BCUT2D eigenvalue weighted by Crippen LogP contribution is 2.26. The van der Waals surface area contributed by atoms with E-state index in [1.807, 2.05) is 31.2 Å². The Kier molecular flexibility index (Phi) is 4.59. The molecule has 2 unspecified atom stereocenters. The minimum atomic E-state index is -0.668. The van der Waals surface area contributed by atoms with Crippen molar-refractivity contribution < 1.29 is 9.84 Å². The van der Waals surface area contributed by atoms with Gasteiger partial charge in [0.15, 0.2) is 0 Å². The van der Waals surface area contributed by atoms with Crippen molar-refractivity contribution in [1.29, 1.82) is 0 Å². The molecule has 0 bridgehead atoms. The van der Waals surface area contributed by atoms with Gasteiger partial charge >= 0.3 is 0 Å². The molecule has 0 fully saturated rings. The molecule has 2 atom stereocenters. The van der Waals surface area contributed by atoms with Crippen LogP contribution in [0, 0.1) is 0 Å². The zero-order valence-electron chi connectivity index (χ0n) is 9.31. The molecule has 1 rings (SSSR count). The maximum atomic E-state index is 9.87. The van der Waals surface area contributed by atoms with Crippen LogP contribution in [0.5, 0.6) is 5.75 Å². The summed E-state index contributed by atoms with van der Waals surface area (Å²) in [6, 6.07) is 7.17. The highest BCUT2D eigenvalue weighted by atomic mass is 16.5. The van der Waals surface area contributed by atoms with Gasteiger partial charge in [-0.05, 0) is 19.4 Å². The summed E-state index contributed by atoms with van der Waals surface area (Å²) in [4.78, 5) is 0. The van der Waals surface area contributed by atoms with E-state index in [1.54, 1.807) is 6.92 Å². The summed E-state index contributed by atoms with van der Waals surface area (Å²) < 4.78 is 5.54. The maximum Gasteiger partial charge on any atom is 0.125 e. The van der Waals surface area contributed by atoms with E-state index in [0.717, 1.165) is 17.7 Å².